The molecule has 1 atom stereocenters. The van der Waals surface area contributed by atoms with Crippen molar-refractivity contribution >= 4 is 41.1 Å². The van der Waals surface area contributed by atoms with Gasteiger partial charge in [0.2, 0.25) is 0 Å². The fraction of sp³-hybridized carbons (Fsp3) is 0.276. The summed E-state index contributed by atoms with van der Waals surface area (Å²) < 4.78 is 6.27. The van der Waals surface area contributed by atoms with Gasteiger partial charge in [-0.2, -0.15) is 13.5 Å². The quantitative estimate of drug-likeness (QED) is 0.279. The van der Waals surface area contributed by atoms with Gasteiger partial charge in [0, 0.05) is 30.7 Å². The minimum Gasteiger partial charge on any atom is -0.490 e. The lowest BCUT2D eigenvalue weighted by molar-refractivity contribution is 0.114. The molecule has 1 aliphatic rings. The van der Waals surface area contributed by atoms with Crippen LogP contribution in [0.25, 0.3) is 33.3 Å². The number of H-pyrrole nitrogens is 2. The summed E-state index contributed by atoms with van der Waals surface area (Å²) in [6.45, 7) is 4.12. The van der Waals surface area contributed by atoms with Crippen molar-refractivity contribution in [1.82, 2.24) is 24.8 Å². The first kappa shape index (κ1) is 25.8. The summed E-state index contributed by atoms with van der Waals surface area (Å²) in [6, 6.07) is 19.4. The Morgan fingerprint density at radius 2 is 1.82 bits per heavy atom. The molecular formula is C29H32N6O2S. The molecule has 1 saturated heterocycles. The number of anilines is 1. The van der Waals surface area contributed by atoms with E-state index in [4.69, 9.17) is 9.72 Å². The van der Waals surface area contributed by atoms with Gasteiger partial charge in [0.25, 0.3) is 5.56 Å². The molecule has 196 valence electrons. The fourth-order valence-electron chi connectivity index (χ4n) is 5.02. The van der Waals surface area contributed by atoms with Gasteiger partial charge in [-0.15, -0.1) is 0 Å². The van der Waals surface area contributed by atoms with Gasteiger partial charge in [-0.1, -0.05) is 24.3 Å². The Morgan fingerprint density at radius 3 is 2.61 bits per heavy atom. The molecule has 1 aliphatic heterocycles. The maximum Gasteiger partial charge on any atom is 0.261 e. The molecular weight excluding hydrogens is 496 g/mol. The van der Waals surface area contributed by atoms with Crippen molar-refractivity contribution in [3.05, 3.63) is 82.9 Å². The van der Waals surface area contributed by atoms with E-state index in [0.717, 1.165) is 65.0 Å². The molecule has 3 N–H and O–H groups in total. The lowest BCUT2D eigenvalue weighted by Gasteiger charge is -2.29. The smallest absolute Gasteiger partial charge is 0.261 e. The number of benzene rings is 2. The summed E-state index contributed by atoms with van der Waals surface area (Å²) in [5.74, 6) is 1.32. The number of fused-ring (bicyclic) bond motifs is 2. The third-order valence-electron chi connectivity index (χ3n) is 7.07. The van der Waals surface area contributed by atoms with Crippen molar-refractivity contribution < 1.29 is 4.74 Å². The number of hydrogen-bond donors (Lipinski definition) is 3. The van der Waals surface area contributed by atoms with Gasteiger partial charge < -0.3 is 24.9 Å². The second-order valence-electron chi connectivity index (χ2n) is 9.76. The maximum absolute atomic E-state index is 13.4. The zero-order valence-corrected chi connectivity index (χ0v) is 22.5. The molecule has 3 aromatic heterocycles. The summed E-state index contributed by atoms with van der Waals surface area (Å²) in [5.41, 5.74) is 4.24. The van der Waals surface area contributed by atoms with E-state index < -0.39 is 0 Å². The van der Waals surface area contributed by atoms with E-state index in [0.29, 0.717) is 11.4 Å². The highest BCUT2D eigenvalue weighted by Gasteiger charge is 2.21. The van der Waals surface area contributed by atoms with Crippen molar-refractivity contribution in [2.75, 3.05) is 25.5 Å². The molecule has 0 unspecified atom stereocenters. The molecule has 1 fully saturated rings. The van der Waals surface area contributed by atoms with Crippen LogP contribution < -0.4 is 15.6 Å². The highest BCUT2D eigenvalue weighted by molar-refractivity contribution is 7.59. The van der Waals surface area contributed by atoms with Crippen LogP contribution in [0.4, 0.5) is 5.69 Å². The largest absolute Gasteiger partial charge is 0.490 e. The topological polar surface area (TPSA) is 98.9 Å². The summed E-state index contributed by atoms with van der Waals surface area (Å²) in [5, 5.41) is 4.46. The van der Waals surface area contributed by atoms with E-state index in [1.54, 1.807) is 6.20 Å². The lowest BCUT2D eigenvalue weighted by atomic mass is 10.1. The molecule has 0 amide bonds. The number of pyridine rings is 2. The second kappa shape index (κ2) is 10.9. The molecule has 0 spiro atoms. The number of hydrogen-bond acceptors (Lipinski definition) is 6. The molecule has 8 nitrogen and oxygen atoms in total. The van der Waals surface area contributed by atoms with Crippen LogP contribution in [0.15, 0.2) is 71.7 Å². The highest BCUT2D eigenvalue weighted by Crippen LogP contribution is 2.34. The van der Waals surface area contributed by atoms with Crippen molar-refractivity contribution in [1.29, 1.82) is 0 Å². The average molecular weight is 529 g/mol. The number of ether oxygens (including phenoxy) is 1. The predicted molar refractivity (Wildman–Crippen MR) is 157 cm³/mol. The normalized spacial score (nSPS) is 15.3. The zero-order chi connectivity index (χ0) is 25.4. The Morgan fingerprint density at radius 1 is 1.03 bits per heavy atom. The van der Waals surface area contributed by atoms with Gasteiger partial charge in [0.05, 0.1) is 34.0 Å². The lowest BCUT2D eigenvalue weighted by Crippen LogP contribution is -2.35. The molecule has 0 radical (unpaired) electrons. The summed E-state index contributed by atoms with van der Waals surface area (Å²) in [7, 11) is 2.14. The van der Waals surface area contributed by atoms with Gasteiger partial charge in [-0.25, -0.2) is 4.98 Å². The predicted octanol–water partition coefficient (Wildman–Crippen LogP) is 5.23. The Balaban J connectivity index is 0.00000294. The SMILES string of the molecule is C[C@H](Nc1c(-c2nc3ccc(OC4CCN(C)CC4)cc3[nH]2)c(=O)[nH]c2ccccc12)c1ccccn1.S. The monoisotopic (exact) mass is 528 g/mol. The molecule has 0 bridgehead atoms. The fourth-order valence-corrected chi connectivity index (χ4v) is 5.02. The Kier molecular flexibility index (Phi) is 7.40. The van der Waals surface area contributed by atoms with Crippen LogP contribution >= 0.6 is 13.5 Å². The Bertz CT molecular complexity index is 1610. The van der Waals surface area contributed by atoms with Crippen LogP contribution in [0, 0.1) is 0 Å². The number of aromatic amines is 2. The van der Waals surface area contributed by atoms with Gasteiger partial charge >= 0.3 is 0 Å². The van der Waals surface area contributed by atoms with E-state index >= 15 is 0 Å². The van der Waals surface area contributed by atoms with Crippen LogP contribution in [0.1, 0.15) is 31.5 Å². The van der Waals surface area contributed by atoms with Crippen LogP contribution in [-0.2, 0) is 0 Å². The number of piperidine rings is 1. The molecule has 2 aromatic carbocycles. The van der Waals surface area contributed by atoms with Crippen LogP contribution in [0.3, 0.4) is 0 Å². The Labute approximate surface area is 227 Å². The zero-order valence-electron chi connectivity index (χ0n) is 21.5. The van der Waals surface area contributed by atoms with Gasteiger partial charge in [0.15, 0.2) is 0 Å². The van der Waals surface area contributed by atoms with Crippen molar-refractivity contribution in [3.63, 3.8) is 0 Å². The minimum atomic E-state index is -0.212. The van der Waals surface area contributed by atoms with E-state index in [1.165, 1.54) is 0 Å². The molecule has 0 aliphatic carbocycles. The summed E-state index contributed by atoms with van der Waals surface area (Å²) in [6.07, 6.45) is 4.01. The number of para-hydroxylation sites is 1. The number of nitrogens with zero attached hydrogens (tertiary/aromatic N) is 3. The first-order chi connectivity index (χ1) is 18.0. The maximum atomic E-state index is 13.4. The number of nitrogens with one attached hydrogen (secondary N) is 3. The minimum absolute atomic E-state index is 0. The van der Waals surface area contributed by atoms with E-state index in [-0.39, 0.29) is 31.2 Å². The van der Waals surface area contributed by atoms with Crippen LogP contribution in [0.2, 0.25) is 0 Å². The first-order valence-corrected chi connectivity index (χ1v) is 12.7. The van der Waals surface area contributed by atoms with Gasteiger partial charge in [0.1, 0.15) is 23.2 Å². The third-order valence-corrected chi connectivity index (χ3v) is 7.07. The van der Waals surface area contributed by atoms with Gasteiger partial charge in [-0.3, -0.25) is 9.78 Å². The van der Waals surface area contributed by atoms with E-state index in [9.17, 15) is 4.79 Å². The molecule has 9 heteroatoms. The number of likely N-dealkylation sites (tertiary alicyclic amines) is 1. The number of imidazole rings is 1. The second-order valence-corrected chi connectivity index (χ2v) is 9.76. The number of aromatic nitrogens is 4. The molecule has 4 heterocycles. The average Bonchev–Trinajstić information content (AvgIpc) is 3.33. The van der Waals surface area contributed by atoms with E-state index in [2.05, 4.69) is 32.2 Å². The van der Waals surface area contributed by atoms with Crippen LogP contribution in [0.5, 0.6) is 5.75 Å². The van der Waals surface area contributed by atoms with Gasteiger partial charge in [-0.05, 0) is 57.1 Å². The van der Waals surface area contributed by atoms with Crippen LogP contribution in [-0.4, -0.2) is 51.1 Å². The first-order valence-electron chi connectivity index (χ1n) is 12.7. The molecule has 5 aromatic rings. The van der Waals surface area contributed by atoms with E-state index in [1.807, 2.05) is 67.6 Å². The van der Waals surface area contributed by atoms with Crippen molar-refractivity contribution in [2.45, 2.75) is 31.9 Å². The van der Waals surface area contributed by atoms with Crippen molar-refractivity contribution in [2.24, 2.45) is 0 Å². The Hall–Kier alpha value is -3.82. The molecule has 38 heavy (non-hydrogen) atoms. The van der Waals surface area contributed by atoms with Crippen molar-refractivity contribution in [3.8, 4) is 17.1 Å². The standard InChI is InChI=1S/C29H30N6O2.H2S/c1-18(22-8-5-6-14-30-22)31-27-21-7-3-4-9-23(21)34-29(36)26(27)28-32-24-11-10-20(17-25(24)33-28)37-19-12-15-35(2)16-13-19;/h3-11,14,17-19H,12-13,15-16H2,1-2H3,(H,32,33)(H2,31,34,36);1H2/t18-;/m0./s1. The summed E-state index contributed by atoms with van der Waals surface area (Å²) in [4.78, 5) is 31.4. The third kappa shape index (κ3) is 5.12. The molecule has 0 saturated carbocycles. The highest BCUT2D eigenvalue weighted by atomic mass is 32.1. The molecule has 6 rings (SSSR count). The number of rotatable bonds is 6. The summed E-state index contributed by atoms with van der Waals surface area (Å²) >= 11 is 0.